The minimum absolute atomic E-state index is 0.145. The smallest absolute Gasteiger partial charge is 0.232 e. The Kier molecular flexibility index (Phi) is 3.91. The Morgan fingerprint density at radius 3 is 2.94 bits per heavy atom. The first kappa shape index (κ1) is 13.4. The van der Waals surface area contributed by atoms with Gasteiger partial charge >= 0.3 is 0 Å². The van der Waals surface area contributed by atoms with E-state index < -0.39 is 10.0 Å². The first-order valence-electron chi connectivity index (χ1n) is 5.65. The van der Waals surface area contributed by atoms with E-state index in [1.165, 1.54) is 0 Å². The van der Waals surface area contributed by atoms with E-state index in [0.29, 0.717) is 12.1 Å². The van der Waals surface area contributed by atoms with Crippen LogP contribution in [0.5, 0.6) is 0 Å². The summed E-state index contributed by atoms with van der Waals surface area (Å²) < 4.78 is 28.7. The van der Waals surface area contributed by atoms with Crippen LogP contribution in [-0.2, 0) is 10.0 Å². The van der Waals surface area contributed by atoms with Gasteiger partial charge in [0.15, 0.2) is 0 Å². The van der Waals surface area contributed by atoms with E-state index >= 15 is 0 Å². The van der Waals surface area contributed by atoms with Gasteiger partial charge in [0.05, 0.1) is 17.6 Å². The fourth-order valence-electron chi connectivity index (χ4n) is 1.58. The Balaban J connectivity index is 2.24. The average Bonchev–Trinajstić information content (AvgIpc) is 2.68. The molecule has 98 valence electrons. The second-order valence-electron chi connectivity index (χ2n) is 4.00. The van der Waals surface area contributed by atoms with E-state index in [9.17, 15) is 8.42 Å². The molecule has 7 heteroatoms. The largest absolute Gasteiger partial charge is 0.292 e. The van der Waals surface area contributed by atoms with Gasteiger partial charge in [-0.1, -0.05) is 13.3 Å². The summed E-state index contributed by atoms with van der Waals surface area (Å²) in [7, 11) is -3.26. The lowest BCUT2D eigenvalue weighted by Crippen LogP contribution is -2.16. The van der Waals surface area contributed by atoms with Gasteiger partial charge in [0.1, 0.15) is 10.3 Å². The van der Waals surface area contributed by atoms with Gasteiger partial charge in [0.25, 0.3) is 0 Å². The van der Waals surface area contributed by atoms with Crippen molar-refractivity contribution in [3.8, 4) is 0 Å². The molecule has 0 bridgehead atoms. The molecule has 0 aliphatic rings. The summed E-state index contributed by atoms with van der Waals surface area (Å²) in [5.74, 6) is 0.145. The molecular weight excluding hydrogens is 318 g/mol. The van der Waals surface area contributed by atoms with Crippen LogP contribution in [0.1, 0.15) is 19.8 Å². The number of rotatable bonds is 5. The lowest BCUT2D eigenvalue weighted by molar-refractivity contribution is 0.598. The number of pyridine rings is 1. The highest BCUT2D eigenvalue weighted by molar-refractivity contribution is 9.10. The van der Waals surface area contributed by atoms with Crippen LogP contribution in [0.25, 0.3) is 5.65 Å². The molecule has 0 fully saturated rings. The van der Waals surface area contributed by atoms with E-state index in [-0.39, 0.29) is 5.75 Å². The van der Waals surface area contributed by atoms with E-state index in [4.69, 9.17) is 0 Å². The average molecular weight is 332 g/mol. The van der Waals surface area contributed by atoms with Crippen LogP contribution < -0.4 is 4.72 Å². The molecule has 0 aliphatic heterocycles. The topological polar surface area (TPSA) is 63.5 Å². The molecule has 2 aromatic rings. The summed E-state index contributed by atoms with van der Waals surface area (Å²) in [5.41, 5.74) is 1.30. The Labute approximate surface area is 114 Å². The maximum absolute atomic E-state index is 11.8. The fraction of sp³-hybridized carbons (Fsp3) is 0.364. The first-order chi connectivity index (χ1) is 8.52. The first-order valence-corrected chi connectivity index (χ1v) is 8.09. The summed E-state index contributed by atoms with van der Waals surface area (Å²) >= 11 is 3.35. The van der Waals surface area contributed by atoms with Crippen LogP contribution >= 0.6 is 15.9 Å². The molecule has 2 heterocycles. The van der Waals surface area contributed by atoms with Gasteiger partial charge in [-0.3, -0.25) is 9.12 Å². The van der Waals surface area contributed by atoms with Gasteiger partial charge in [-0.2, -0.15) is 0 Å². The van der Waals surface area contributed by atoms with Gasteiger partial charge in [0, 0.05) is 6.20 Å². The lowest BCUT2D eigenvalue weighted by Gasteiger charge is -2.08. The highest BCUT2D eigenvalue weighted by Gasteiger charge is 2.10. The minimum Gasteiger partial charge on any atom is -0.292 e. The molecule has 0 atom stereocenters. The van der Waals surface area contributed by atoms with Crippen molar-refractivity contribution in [1.82, 2.24) is 9.38 Å². The molecule has 0 aromatic carbocycles. The maximum atomic E-state index is 11.8. The summed E-state index contributed by atoms with van der Waals surface area (Å²) in [5, 5.41) is 0. The highest BCUT2D eigenvalue weighted by atomic mass is 79.9. The Morgan fingerprint density at radius 1 is 1.44 bits per heavy atom. The zero-order valence-electron chi connectivity index (χ0n) is 9.93. The molecular formula is C11H14BrN3O2S. The van der Waals surface area contributed by atoms with Crippen LogP contribution in [0.2, 0.25) is 0 Å². The van der Waals surface area contributed by atoms with Crippen molar-refractivity contribution in [2.75, 3.05) is 10.5 Å². The van der Waals surface area contributed by atoms with Crippen LogP contribution in [0.4, 0.5) is 5.69 Å². The molecule has 0 aliphatic carbocycles. The number of halogens is 1. The van der Waals surface area contributed by atoms with Crippen molar-refractivity contribution in [2.45, 2.75) is 19.8 Å². The molecule has 2 aromatic heterocycles. The Morgan fingerprint density at radius 2 is 2.22 bits per heavy atom. The molecule has 0 spiro atoms. The normalized spacial score (nSPS) is 11.9. The van der Waals surface area contributed by atoms with Crippen LogP contribution in [-0.4, -0.2) is 23.6 Å². The predicted octanol–water partition coefficient (Wildman–Crippen LogP) is 2.64. The molecule has 0 saturated heterocycles. The standard InChI is InChI=1S/C11H14BrN3O2S/c1-2-3-6-18(16,17)14-9-4-5-11-13-7-10(12)15(11)8-9/h4-5,7-8,14H,2-3,6H2,1H3. The zero-order valence-corrected chi connectivity index (χ0v) is 12.3. The number of nitrogens with zero attached hydrogens (tertiary/aromatic N) is 2. The van der Waals surface area contributed by atoms with E-state index in [2.05, 4.69) is 25.6 Å². The number of anilines is 1. The van der Waals surface area contributed by atoms with Gasteiger partial charge in [0.2, 0.25) is 10.0 Å². The molecule has 0 radical (unpaired) electrons. The van der Waals surface area contributed by atoms with Crippen molar-refractivity contribution in [3.05, 3.63) is 29.1 Å². The van der Waals surface area contributed by atoms with Crippen LogP contribution in [0, 0.1) is 0 Å². The molecule has 0 amide bonds. The van der Waals surface area contributed by atoms with E-state index in [1.807, 2.05) is 6.92 Å². The SMILES string of the molecule is CCCCS(=O)(=O)Nc1ccc2ncc(Br)n2c1. The van der Waals surface area contributed by atoms with Gasteiger partial charge < -0.3 is 0 Å². The maximum Gasteiger partial charge on any atom is 0.232 e. The predicted molar refractivity (Wildman–Crippen MR) is 75.2 cm³/mol. The summed E-state index contributed by atoms with van der Waals surface area (Å²) in [6.07, 6.45) is 4.89. The molecule has 0 saturated carbocycles. The Bertz CT molecular complexity index is 651. The second kappa shape index (κ2) is 5.27. The van der Waals surface area contributed by atoms with Crippen LogP contribution in [0.3, 0.4) is 0 Å². The highest BCUT2D eigenvalue weighted by Crippen LogP contribution is 2.17. The van der Waals surface area contributed by atoms with Gasteiger partial charge in [-0.05, 0) is 34.5 Å². The Hall–Kier alpha value is -1.08. The monoisotopic (exact) mass is 331 g/mol. The van der Waals surface area contributed by atoms with Gasteiger partial charge in [-0.25, -0.2) is 13.4 Å². The van der Waals surface area contributed by atoms with E-state index in [1.54, 1.807) is 28.9 Å². The lowest BCUT2D eigenvalue weighted by atomic mass is 10.4. The zero-order chi connectivity index (χ0) is 13.2. The number of sulfonamides is 1. The number of fused-ring (bicyclic) bond motifs is 1. The van der Waals surface area contributed by atoms with Crippen molar-refractivity contribution in [2.24, 2.45) is 0 Å². The van der Waals surface area contributed by atoms with Crippen molar-refractivity contribution < 1.29 is 8.42 Å². The van der Waals surface area contributed by atoms with Crippen molar-refractivity contribution in [1.29, 1.82) is 0 Å². The number of imidazole rings is 1. The number of unbranched alkanes of at least 4 members (excludes halogenated alkanes) is 1. The number of hydrogen-bond acceptors (Lipinski definition) is 3. The molecule has 0 unspecified atom stereocenters. The van der Waals surface area contributed by atoms with Gasteiger partial charge in [-0.15, -0.1) is 0 Å². The van der Waals surface area contributed by atoms with Crippen molar-refractivity contribution in [3.63, 3.8) is 0 Å². The van der Waals surface area contributed by atoms with E-state index in [0.717, 1.165) is 16.7 Å². The third-order valence-corrected chi connectivity index (χ3v) is 4.46. The van der Waals surface area contributed by atoms with Crippen molar-refractivity contribution >= 4 is 37.3 Å². The number of hydrogen-bond donors (Lipinski definition) is 1. The minimum atomic E-state index is -3.26. The number of aromatic nitrogens is 2. The third kappa shape index (κ3) is 3.02. The van der Waals surface area contributed by atoms with Crippen LogP contribution in [0.15, 0.2) is 29.1 Å². The summed E-state index contributed by atoms with van der Waals surface area (Å²) in [6.45, 7) is 1.96. The second-order valence-corrected chi connectivity index (χ2v) is 6.66. The molecule has 1 N–H and O–H groups in total. The third-order valence-electron chi connectivity index (χ3n) is 2.50. The fourth-order valence-corrected chi connectivity index (χ4v) is 3.21. The quantitative estimate of drug-likeness (QED) is 0.915. The summed E-state index contributed by atoms with van der Waals surface area (Å²) in [6, 6.07) is 3.47. The molecule has 2 rings (SSSR count). The summed E-state index contributed by atoms with van der Waals surface area (Å²) in [4.78, 5) is 4.14. The molecule has 18 heavy (non-hydrogen) atoms. The molecule has 5 nitrogen and oxygen atoms in total. The number of nitrogens with one attached hydrogen (secondary N) is 1.